The molecular weight excluding hydrogens is 532 g/mol. The van der Waals surface area contributed by atoms with E-state index in [4.69, 9.17) is 23.8 Å². The molecule has 0 amide bonds. The Kier molecular flexibility index (Phi) is 8.24. The Morgan fingerprint density at radius 1 is 0.975 bits per heavy atom. The molecule has 0 atom stereocenters. The van der Waals surface area contributed by atoms with Crippen LogP contribution in [-0.4, -0.2) is 46.1 Å². The average Bonchev–Trinajstić information content (AvgIpc) is 3.44. The summed E-state index contributed by atoms with van der Waals surface area (Å²) in [4.78, 5) is 17.5. The molecule has 10 heteroatoms. The fourth-order valence-corrected chi connectivity index (χ4v) is 5.32. The predicted octanol–water partition coefficient (Wildman–Crippen LogP) is 4.71. The predicted molar refractivity (Wildman–Crippen MR) is 148 cm³/mol. The van der Waals surface area contributed by atoms with E-state index in [2.05, 4.69) is 4.98 Å². The maximum absolute atomic E-state index is 13.0. The molecule has 0 saturated carbocycles. The van der Waals surface area contributed by atoms with E-state index in [-0.39, 0.29) is 29.6 Å². The monoisotopic (exact) mass is 562 g/mol. The molecule has 3 aromatic carbocycles. The first-order valence-electron chi connectivity index (χ1n) is 12.8. The highest BCUT2D eigenvalue weighted by atomic mass is 32.2. The average molecular weight is 563 g/mol. The number of benzene rings is 3. The normalized spacial score (nSPS) is 15.2. The molecule has 1 aliphatic rings. The van der Waals surface area contributed by atoms with Crippen LogP contribution in [0.4, 0.5) is 0 Å². The van der Waals surface area contributed by atoms with Crippen molar-refractivity contribution in [2.75, 3.05) is 26.9 Å². The standard InChI is InChI=1S/C30H30N2O7S/c1-36-30(14-16-37-17-15-30)24-9-5-6-21(18-24)19-38-20-26(33)29-32-27(22-7-3-2-4-8-22)28(39-29)23-10-12-25(13-11-23)40(31,34)35/h2-13,18H,14-17,19-20H2,1H3,(H2,31,34,35). The summed E-state index contributed by atoms with van der Waals surface area (Å²) in [6.45, 7) is 1.28. The minimum absolute atomic E-state index is 0.0287. The first kappa shape index (κ1) is 27.9. The van der Waals surface area contributed by atoms with E-state index in [1.807, 2.05) is 54.6 Å². The molecule has 1 aromatic heterocycles. The maximum atomic E-state index is 13.0. The van der Waals surface area contributed by atoms with Crippen molar-refractivity contribution in [2.45, 2.75) is 29.9 Å². The van der Waals surface area contributed by atoms with Gasteiger partial charge in [-0.25, -0.2) is 18.5 Å². The second kappa shape index (κ2) is 11.8. The molecule has 0 aliphatic carbocycles. The molecular formula is C30H30N2O7S. The summed E-state index contributed by atoms with van der Waals surface area (Å²) in [5, 5.41) is 5.23. The number of rotatable bonds is 10. The summed E-state index contributed by atoms with van der Waals surface area (Å²) >= 11 is 0. The number of Topliss-reactive ketones (excluding diaryl/α,β-unsaturated/α-hetero) is 1. The zero-order valence-electron chi connectivity index (χ0n) is 22.0. The number of methoxy groups -OCH3 is 1. The molecule has 0 bridgehead atoms. The van der Waals surface area contributed by atoms with Crippen molar-refractivity contribution < 1.29 is 31.8 Å². The Hall–Kier alpha value is -3.67. The Balaban J connectivity index is 1.33. The maximum Gasteiger partial charge on any atom is 0.266 e. The quantitative estimate of drug-likeness (QED) is 0.275. The number of carbonyl (C=O) groups is 1. The summed E-state index contributed by atoms with van der Waals surface area (Å²) in [6, 6.07) is 23.2. The molecule has 1 fully saturated rings. The summed E-state index contributed by atoms with van der Waals surface area (Å²) in [7, 11) is -2.13. The van der Waals surface area contributed by atoms with E-state index < -0.39 is 15.8 Å². The van der Waals surface area contributed by atoms with Gasteiger partial charge in [0.2, 0.25) is 15.8 Å². The smallest absolute Gasteiger partial charge is 0.266 e. The van der Waals surface area contributed by atoms with E-state index in [1.54, 1.807) is 19.2 Å². The van der Waals surface area contributed by atoms with Gasteiger partial charge in [0.05, 0.1) is 17.1 Å². The van der Waals surface area contributed by atoms with Crippen LogP contribution in [-0.2, 0) is 36.4 Å². The first-order chi connectivity index (χ1) is 19.3. The van der Waals surface area contributed by atoms with Crippen LogP contribution in [0.5, 0.6) is 0 Å². The second-order valence-electron chi connectivity index (χ2n) is 9.56. The summed E-state index contributed by atoms with van der Waals surface area (Å²) in [5.41, 5.74) is 3.34. The zero-order valence-corrected chi connectivity index (χ0v) is 22.9. The van der Waals surface area contributed by atoms with E-state index in [9.17, 15) is 13.2 Å². The van der Waals surface area contributed by atoms with Gasteiger partial charge >= 0.3 is 0 Å². The van der Waals surface area contributed by atoms with Crippen LogP contribution in [0.15, 0.2) is 88.2 Å². The third kappa shape index (κ3) is 6.06. The second-order valence-corrected chi connectivity index (χ2v) is 11.1. The van der Waals surface area contributed by atoms with Gasteiger partial charge in [-0.2, -0.15) is 0 Å². The van der Waals surface area contributed by atoms with Gasteiger partial charge in [-0.15, -0.1) is 0 Å². The van der Waals surface area contributed by atoms with E-state index in [1.165, 1.54) is 12.1 Å². The molecule has 9 nitrogen and oxygen atoms in total. The van der Waals surface area contributed by atoms with Crippen LogP contribution in [0, 0.1) is 0 Å². The van der Waals surface area contributed by atoms with Gasteiger partial charge in [0.15, 0.2) is 5.76 Å². The lowest BCUT2D eigenvalue weighted by Crippen LogP contribution is -2.35. The van der Waals surface area contributed by atoms with E-state index >= 15 is 0 Å². The largest absolute Gasteiger partial charge is 0.433 e. The van der Waals surface area contributed by atoms with Crippen LogP contribution in [0.1, 0.15) is 34.7 Å². The lowest BCUT2D eigenvalue weighted by molar-refractivity contribution is -0.0948. The Morgan fingerprint density at radius 2 is 1.70 bits per heavy atom. The molecule has 0 radical (unpaired) electrons. The van der Waals surface area contributed by atoms with Gasteiger partial charge in [0.1, 0.15) is 12.3 Å². The van der Waals surface area contributed by atoms with Gasteiger partial charge in [-0.1, -0.05) is 54.6 Å². The Morgan fingerprint density at radius 3 is 2.38 bits per heavy atom. The van der Waals surface area contributed by atoms with Crippen LogP contribution >= 0.6 is 0 Å². The first-order valence-corrected chi connectivity index (χ1v) is 14.4. The third-order valence-corrected chi connectivity index (χ3v) is 7.93. The Labute approximate surface area is 232 Å². The van der Waals surface area contributed by atoms with Gasteiger partial charge < -0.3 is 18.6 Å². The van der Waals surface area contributed by atoms with Crippen LogP contribution < -0.4 is 5.14 Å². The third-order valence-electron chi connectivity index (χ3n) is 7.00. The summed E-state index contributed by atoms with van der Waals surface area (Å²) in [6.07, 6.45) is 1.54. The molecule has 5 rings (SSSR count). The van der Waals surface area contributed by atoms with Crippen LogP contribution in [0.25, 0.3) is 22.6 Å². The molecule has 208 valence electrons. The molecule has 40 heavy (non-hydrogen) atoms. The van der Waals surface area contributed by atoms with Crippen molar-refractivity contribution in [3.63, 3.8) is 0 Å². The molecule has 1 saturated heterocycles. The molecule has 4 aromatic rings. The highest BCUT2D eigenvalue weighted by Gasteiger charge is 2.34. The Bertz CT molecular complexity index is 1580. The van der Waals surface area contributed by atoms with Crippen molar-refractivity contribution in [1.29, 1.82) is 0 Å². The number of ether oxygens (including phenoxy) is 3. The van der Waals surface area contributed by atoms with Crippen molar-refractivity contribution in [3.8, 4) is 22.6 Å². The molecule has 0 unspecified atom stereocenters. The highest BCUT2D eigenvalue weighted by Crippen LogP contribution is 2.36. The van der Waals surface area contributed by atoms with Gasteiger partial charge in [-0.3, -0.25) is 4.79 Å². The van der Waals surface area contributed by atoms with Crippen molar-refractivity contribution >= 4 is 15.8 Å². The van der Waals surface area contributed by atoms with E-state index in [0.717, 1.165) is 29.5 Å². The number of primary sulfonamides is 1. The number of hydrogen-bond donors (Lipinski definition) is 1. The number of aromatic nitrogens is 1. The number of carbonyl (C=O) groups excluding carboxylic acids is 1. The topological polar surface area (TPSA) is 131 Å². The number of sulfonamides is 1. The highest BCUT2D eigenvalue weighted by molar-refractivity contribution is 7.89. The summed E-state index contributed by atoms with van der Waals surface area (Å²) < 4.78 is 46.4. The lowest BCUT2D eigenvalue weighted by Gasteiger charge is -2.36. The fourth-order valence-electron chi connectivity index (χ4n) is 4.80. The van der Waals surface area contributed by atoms with Gasteiger partial charge in [-0.05, 0) is 35.4 Å². The van der Waals surface area contributed by atoms with Crippen molar-refractivity contribution in [2.24, 2.45) is 5.14 Å². The molecule has 0 spiro atoms. The number of hydrogen-bond acceptors (Lipinski definition) is 8. The zero-order chi connectivity index (χ0) is 28.2. The van der Waals surface area contributed by atoms with Crippen LogP contribution in [0.2, 0.25) is 0 Å². The molecule has 2 N–H and O–H groups in total. The number of nitrogens with zero attached hydrogens (tertiary/aromatic N) is 1. The minimum atomic E-state index is -3.85. The molecule has 2 heterocycles. The number of ketones is 1. The van der Waals surface area contributed by atoms with E-state index in [0.29, 0.717) is 30.2 Å². The van der Waals surface area contributed by atoms with Crippen molar-refractivity contribution in [3.05, 3.63) is 95.9 Å². The number of oxazole rings is 1. The SMILES string of the molecule is COC1(c2cccc(COCC(=O)c3nc(-c4ccccc4)c(-c4ccc(S(N)(=O)=O)cc4)o3)c2)CCOCC1. The molecule has 1 aliphatic heterocycles. The van der Waals surface area contributed by atoms with Crippen molar-refractivity contribution in [1.82, 2.24) is 4.98 Å². The fraction of sp³-hybridized carbons (Fsp3) is 0.267. The number of nitrogens with two attached hydrogens (primary N) is 1. The van der Waals surface area contributed by atoms with Crippen LogP contribution in [0.3, 0.4) is 0 Å². The minimum Gasteiger partial charge on any atom is -0.433 e. The lowest BCUT2D eigenvalue weighted by atomic mass is 9.85. The van der Waals surface area contributed by atoms with Gasteiger partial charge in [0, 0.05) is 44.3 Å². The summed E-state index contributed by atoms with van der Waals surface area (Å²) in [5.74, 6) is -0.179. The van der Waals surface area contributed by atoms with Gasteiger partial charge in [0.25, 0.3) is 5.89 Å².